The van der Waals surface area contributed by atoms with Crippen LogP contribution in [0, 0.1) is 5.92 Å². The lowest BCUT2D eigenvalue weighted by atomic mass is 9.90. The Morgan fingerprint density at radius 3 is 2.35 bits per heavy atom. The second-order valence-electron chi connectivity index (χ2n) is 7.43. The molecule has 2 aliphatic rings. The van der Waals surface area contributed by atoms with E-state index in [1.807, 2.05) is 54.6 Å². The molecule has 0 N–H and O–H groups in total. The van der Waals surface area contributed by atoms with Crippen molar-refractivity contribution in [3.05, 3.63) is 89.4 Å². The van der Waals surface area contributed by atoms with Crippen LogP contribution in [0.2, 0.25) is 5.02 Å². The number of benzene rings is 3. The van der Waals surface area contributed by atoms with Gasteiger partial charge in [0, 0.05) is 5.02 Å². The number of carbonyl (C=O) groups excluding carboxylic acids is 2. The van der Waals surface area contributed by atoms with Crippen molar-refractivity contribution < 1.29 is 19.2 Å². The number of rotatable bonds is 4. The van der Waals surface area contributed by atoms with Crippen molar-refractivity contribution >= 4 is 34.8 Å². The summed E-state index contributed by atoms with van der Waals surface area (Å²) in [4.78, 5) is 34.1. The highest BCUT2D eigenvalue weighted by atomic mass is 35.5. The van der Waals surface area contributed by atoms with Crippen molar-refractivity contribution in [2.75, 3.05) is 17.1 Å². The summed E-state index contributed by atoms with van der Waals surface area (Å²) in [6.45, 7) is 0. The molecule has 2 amide bonds. The number of hydroxylamine groups is 1. The van der Waals surface area contributed by atoms with Crippen LogP contribution in [-0.4, -0.2) is 25.0 Å². The summed E-state index contributed by atoms with van der Waals surface area (Å²) in [5, 5.41) is 2.11. The van der Waals surface area contributed by atoms with Gasteiger partial charge in [-0.05, 0) is 48.0 Å². The van der Waals surface area contributed by atoms with Crippen LogP contribution in [-0.2, 0) is 14.4 Å². The van der Waals surface area contributed by atoms with E-state index in [4.69, 9.17) is 21.2 Å². The maximum atomic E-state index is 13.5. The number of anilines is 2. The van der Waals surface area contributed by atoms with Crippen molar-refractivity contribution in [3.8, 4) is 5.75 Å². The van der Waals surface area contributed by atoms with Gasteiger partial charge in [0.05, 0.1) is 24.5 Å². The van der Waals surface area contributed by atoms with E-state index >= 15 is 0 Å². The third-order valence-corrected chi connectivity index (χ3v) is 5.86. The number of imide groups is 1. The fourth-order valence-corrected chi connectivity index (χ4v) is 4.43. The van der Waals surface area contributed by atoms with Crippen LogP contribution in [0.1, 0.15) is 11.6 Å². The van der Waals surface area contributed by atoms with Crippen molar-refractivity contribution in [1.29, 1.82) is 0 Å². The largest absolute Gasteiger partial charge is 0.497 e. The summed E-state index contributed by atoms with van der Waals surface area (Å²) in [5.74, 6) is -0.761. The third kappa shape index (κ3) is 3.24. The molecule has 2 saturated heterocycles. The average molecular weight is 435 g/mol. The van der Waals surface area contributed by atoms with E-state index in [1.165, 1.54) is 4.90 Å². The van der Waals surface area contributed by atoms with E-state index in [0.29, 0.717) is 16.5 Å². The minimum absolute atomic E-state index is 0.316. The smallest absolute Gasteiger partial charge is 0.266 e. The number of amides is 2. The first-order valence-electron chi connectivity index (χ1n) is 9.87. The number of para-hydroxylation sites is 1. The Labute approximate surface area is 184 Å². The van der Waals surface area contributed by atoms with Gasteiger partial charge in [-0.3, -0.25) is 14.4 Å². The fourth-order valence-electron chi connectivity index (χ4n) is 4.25. The predicted octanol–water partition coefficient (Wildman–Crippen LogP) is 4.40. The minimum atomic E-state index is -0.928. The molecule has 0 aliphatic carbocycles. The Morgan fingerprint density at radius 1 is 0.871 bits per heavy atom. The molecule has 0 radical (unpaired) electrons. The lowest BCUT2D eigenvalue weighted by Gasteiger charge is -2.29. The molecule has 2 aliphatic heterocycles. The van der Waals surface area contributed by atoms with E-state index in [1.54, 1.807) is 36.4 Å². The van der Waals surface area contributed by atoms with Gasteiger partial charge in [0.2, 0.25) is 5.91 Å². The highest BCUT2D eigenvalue weighted by molar-refractivity contribution is 6.31. The summed E-state index contributed by atoms with van der Waals surface area (Å²) in [5.41, 5.74) is 2.03. The normalized spacial score (nSPS) is 22.7. The Morgan fingerprint density at radius 2 is 1.61 bits per heavy atom. The summed E-state index contributed by atoms with van der Waals surface area (Å²) in [6, 6.07) is 23.1. The highest BCUT2D eigenvalue weighted by Crippen LogP contribution is 2.48. The van der Waals surface area contributed by atoms with Crippen LogP contribution in [0.3, 0.4) is 0 Å². The number of hydrogen-bond acceptors (Lipinski definition) is 5. The molecule has 0 bridgehead atoms. The van der Waals surface area contributed by atoms with Crippen LogP contribution in [0.4, 0.5) is 11.4 Å². The second-order valence-corrected chi connectivity index (χ2v) is 7.86. The predicted molar refractivity (Wildman–Crippen MR) is 117 cm³/mol. The summed E-state index contributed by atoms with van der Waals surface area (Å²) < 4.78 is 5.38. The molecule has 3 atom stereocenters. The van der Waals surface area contributed by atoms with Crippen LogP contribution in [0.25, 0.3) is 0 Å². The van der Waals surface area contributed by atoms with Crippen molar-refractivity contribution in [1.82, 2.24) is 0 Å². The van der Waals surface area contributed by atoms with E-state index in [2.05, 4.69) is 0 Å². The van der Waals surface area contributed by atoms with E-state index < -0.39 is 24.0 Å². The average Bonchev–Trinajstić information content (AvgIpc) is 3.30. The monoisotopic (exact) mass is 434 g/mol. The number of carbonyl (C=O) groups is 2. The van der Waals surface area contributed by atoms with E-state index in [-0.39, 0.29) is 5.91 Å². The molecule has 3 unspecified atom stereocenters. The van der Waals surface area contributed by atoms with Gasteiger partial charge in [0.15, 0.2) is 6.10 Å². The molecule has 3 aromatic rings. The summed E-state index contributed by atoms with van der Waals surface area (Å²) in [7, 11) is 1.59. The van der Waals surface area contributed by atoms with Gasteiger partial charge >= 0.3 is 0 Å². The Hall–Kier alpha value is -3.35. The maximum Gasteiger partial charge on any atom is 0.266 e. The zero-order valence-electron chi connectivity index (χ0n) is 16.6. The Balaban J connectivity index is 1.60. The molecule has 0 saturated carbocycles. The second kappa shape index (κ2) is 7.72. The molecule has 3 aromatic carbocycles. The number of nitrogens with zero attached hydrogens (tertiary/aromatic N) is 2. The minimum Gasteiger partial charge on any atom is -0.497 e. The van der Waals surface area contributed by atoms with Crippen LogP contribution in [0.5, 0.6) is 5.75 Å². The van der Waals surface area contributed by atoms with Crippen LogP contribution in [0.15, 0.2) is 78.9 Å². The molecule has 2 heterocycles. The molecule has 5 rings (SSSR count). The number of ether oxygens (including phenoxy) is 1. The highest BCUT2D eigenvalue weighted by Gasteiger charge is 2.60. The van der Waals surface area contributed by atoms with Gasteiger partial charge in [-0.25, -0.2) is 9.96 Å². The number of halogens is 1. The van der Waals surface area contributed by atoms with Crippen molar-refractivity contribution in [2.24, 2.45) is 5.92 Å². The molecule has 2 fully saturated rings. The zero-order chi connectivity index (χ0) is 21.5. The van der Waals surface area contributed by atoms with Crippen molar-refractivity contribution in [3.63, 3.8) is 0 Å². The van der Waals surface area contributed by atoms with Crippen LogP contribution >= 0.6 is 11.6 Å². The fraction of sp³-hybridized carbons (Fsp3) is 0.167. The van der Waals surface area contributed by atoms with E-state index in [0.717, 1.165) is 11.3 Å². The molecule has 0 spiro atoms. The molecule has 0 aromatic heterocycles. The maximum absolute atomic E-state index is 13.5. The molecule has 6 nitrogen and oxygen atoms in total. The molecule has 31 heavy (non-hydrogen) atoms. The molecular formula is C24H19ClN2O4. The van der Waals surface area contributed by atoms with Gasteiger partial charge in [-0.15, -0.1) is 0 Å². The SMILES string of the molecule is COc1cccc(C2C3C(=O)N(c4cccc(Cl)c4)C(=O)C3ON2c2ccccc2)c1. The third-order valence-electron chi connectivity index (χ3n) is 5.63. The summed E-state index contributed by atoms with van der Waals surface area (Å²) >= 11 is 6.10. The first-order chi connectivity index (χ1) is 15.1. The first-order valence-corrected chi connectivity index (χ1v) is 10.2. The Bertz CT molecular complexity index is 1150. The van der Waals surface area contributed by atoms with Gasteiger partial charge in [-0.1, -0.05) is 48.0 Å². The number of fused-ring (bicyclic) bond motifs is 1. The van der Waals surface area contributed by atoms with Crippen LogP contribution < -0.4 is 14.7 Å². The van der Waals surface area contributed by atoms with Gasteiger partial charge in [0.25, 0.3) is 5.91 Å². The quantitative estimate of drug-likeness (QED) is 0.570. The summed E-state index contributed by atoms with van der Waals surface area (Å²) in [6.07, 6.45) is -0.928. The molecular weight excluding hydrogens is 416 g/mol. The lowest BCUT2D eigenvalue weighted by molar-refractivity contribution is -0.126. The Kier molecular flexibility index (Phi) is 4.88. The van der Waals surface area contributed by atoms with Gasteiger partial charge < -0.3 is 4.74 Å². The lowest BCUT2D eigenvalue weighted by Crippen LogP contribution is -2.37. The van der Waals surface area contributed by atoms with Gasteiger partial charge in [0.1, 0.15) is 11.7 Å². The van der Waals surface area contributed by atoms with Crippen molar-refractivity contribution in [2.45, 2.75) is 12.1 Å². The van der Waals surface area contributed by atoms with Gasteiger partial charge in [-0.2, -0.15) is 0 Å². The number of hydrogen-bond donors (Lipinski definition) is 0. The first kappa shape index (κ1) is 19.6. The molecule has 7 heteroatoms. The standard InChI is InChI=1S/C24H19ClN2O4/c1-30-19-12-5-7-15(13-19)21-20-22(31-27(21)17-9-3-2-4-10-17)24(29)26(23(20)28)18-11-6-8-16(25)14-18/h2-14,20-22H,1H3. The van der Waals surface area contributed by atoms with E-state index in [9.17, 15) is 9.59 Å². The zero-order valence-corrected chi connectivity index (χ0v) is 17.4. The topological polar surface area (TPSA) is 59.1 Å². The number of methoxy groups -OCH3 is 1. The molecule has 156 valence electrons.